The largest absolute Gasteiger partial charge is 0.495 e. The fourth-order valence-electron chi connectivity index (χ4n) is 4.08. The molecule has 162 valence electrons. The number of methoxy groups -OCH3 is 2. The van der Waals surface area contributed by atoms with E-state index >= 15 is 0 Å². The van der Waals surface area contributed by atoms with Crippen molar-refractivity contribution in [2.75, 3.05) is 19.5 Å². The lowest BCUT2D eigenvalue weighted by atomic mass is 9.85. The molecule has 0 radical (unpaired) electrons. The number of ether oxygens (including phenoxy) is 2. The van der Waals surface area contributed by atoms with Crippen LogP contribution in [0.3, 0.4) is 0 Å². The Balaban J connectivity index is 1.91. The topological polar surface area (TPSA) is 84.9 Å². The van der Waals surface area contributed by atoms with E-state index < -0.39 is 11.9 Å². The normalized spacial score (nSPS) is 21.6. The molecule has 0 bridgehead atoms. The van der Waals surface area contributed by atoms with Crippen molar-refractivity contribution in [1.29, 1.82) is 0 Å². The third kappa shape index (κ3) is 4.17. The van der Waals surface area contributed by atoms with Gasteiger partial charge in [-0.2, -0.15) is 0 Å². The minimum Gasteiger partial charge on any atom is -0.495 e. The van der Waals surface area contributed by atoms with Gasteiger partial charge in [0.25, 0.3) is 0 Å². The van der Waals surface area contributed by atoms with Crippen molar-refractivity contribution in [2.24, 2.45) is 17.8 Å². The molecule has 1 aromatic rings. The number of carbonyl (C=O) groups is 3. The molecule has 3 rings (SSSR count). The van der Waals surface area contributed by atoms with Gasteiger partial charge in [-0.3, -0.25) is 19.3 Å². The number of hydrogen-bond acceptors (Lipinski definition) is 5. The number of benzene rings is 1. The van der Waals surface area contributed by atoms with Crippen molar-refractivity contribution in [2.45, 2.75) is 39.2 Å². The number of nitrogens with one attached hydrogen (secondary N) is 1. The average Bonchev–Trinajstić information content (AvgIpc) is 2.97. The highest BCUT2D eigenvalue weighted by Crippen LogP contribution is 2.39. The predicted molar refractivity (Wildman–Crippen MR) is 114 cm³/mol. The van der Waals surface area contributed by atoms with Crippen LogP contribution in [-0.4, -0.2) is 42.9 Å². The van der Waals surface area contributed by atoms with Crippen molar-refractivity contribution in [3.05, 3.63) is 29.3 Å². The van der Waals surface area contributed by atoms with Crippen molar-refractivity contribution >= 4 is 35.0 Å². The third-order valence-electron chi connectivity index (χ3n) is 5.58. The second-order valence-corrected chi connectivity index (χ2v) is 8.43. The van der Waals surface area contributed by atoms with E-state index in [2.05, 4.69) is 5.32 Å². The summed E-state index contributed by atoms with van der Waals surface area (Å²) in [5.74, 6) is -0.909. The molecule has 1 aromatic carbocycles. The zero-order valence-electron chi connectivity index (χ0n) is 17.6. The van der Waals surface area contributed by atoms with Crippen LogP contribution in [0.4, 0.5) is 5.69 Å². The lowest BCUT2D eigenvalue weighted by Gasteiger charge is -2.27. The lowest BCUT2D eigenvalue weighted by molar-refractivity contribution is -0.147. The first-order valence-electron chi connectivity index (χ1n) is 10.0. The van der Waals surface area contributed by atoms with Crippen molar-refractivity contribution < 1.29 is 23.9 Å². The van der Waals surface area contributed by atoms with Crippen LogP contribution in [0.25, 0.3) is 0 Å². The molecule has 0 spiro atoms. The van der Waals surface area contributed by atoms with E-state index in [-0.39, 0.29) is 29.6 Å². The van der Waals surface area contributed by atoms with E-state index in [0.717, 1.165) is 0 Å². The fraction of sp³-hybridized carbons (Fsp3) is 0.500. The Bertz CT molecular complexity index is 857. The summed E-state index contributed by atoms with van der Waals surface area (Å²) in [6, 6.07) is 2.20. The van der Waals surface area contributed by atoms with Gasteiger partial charge in [-0.15, -0.1) is 0 Å². The Hall–Kier alpha value is -2.54. The number of allylic oxidation sites excluding steroid dienone is 2. The molecule has 3 unspecified atom stereocenters. The van der Waals surface area contributed by atoms with Crippen LogP contribution in [0.1, 0.15) is 33.1 Å². The van der Waals surface area contributed by atoms with Crippen molar-refractivity contribution in [3.8, 4) is 11.5 Å². The molecule has 0 aromatic heterocycles. The molecule has 1 fully saturated rings. The maximum absolute atomic E-state index is 13.3. The molecular weight excluding hydrogens is 408 g/mol. The maximum Gasteiger partial charge on any atom is 0.247 e. The monoisotopic (exact) mass is 434 g/mol. The second-order valence-electron chi connectivity index (χ2n) is 8.02. The zero-order valence-corrected chi connectivity index (χ0v) is 18.4. The Kier molecular flexibility index (Phi) is 6.71. The van der Waals surface area contributed by atoms with Crippen LogP contribution in [0.15, 0.2) is 24.3 Å². The first kappa shape index (κ1) is 22.2. The van der Waals surface area contributed by atoms with Gasteiger partial charge in [-0.25, -0.2) is 0 Å². The molecule has 3 atom stereocenters. The van der Waals surface area contributed by atoms with Crippen LogP contribution in [0.5, 0.6) is 11.5 Å². The number of carbonyl (C=O) groups excluding carboxylic acids is 3. The molecule has 30 heavy (non-hydrogen) atoms. The number of anilines is 1. The van der Waals surface area contributed by atoms with Gasteiger partial charge in [-0.05, 0) is 25.2 Å². The number of imide groups is 1. The van der Waals surface area contributed by atoms with Gasteiger partial charge >= 0.3 is 0 Å². The highest BCUT2D eigenvalue weighted by Gasteiger charge is 2.51. The number of hydrogen-bond donors (Lipinski definition) is 1. The number of fused-ring (bicyclic) bond motifs is 1. The van der Waals surface area contributed by atoms with Crippen molar-refractivity contribution in [3.63, 3.8) is 0 Å². The van der Waals surface area contributed by atoms with E-state index in [1.165, 1.54) is 19.1 Å². The van der Waals surface area contributed by atoms with Crippen LogP contribution in [-0.2, 0) is 14.4 Å². The molecule has 1 N–H and O–H groups in total. The summed E-state index contributed by atoms with van der Waals surface area (Å²) < 4.78 is 10.5. The summed E-state index contributed by atoms with van der Waals surface area (Å²) in [7, 11) is 2.93. The quantitative estimate of drug-likeness (QED) is 0.523. The van der Waals surface area contributed by atoms with Gasteiger partial charge in [-0.1, -0.05) is 37.6 Å². The summed E-state index contributed by atoms with van der Waals surface area (Å²) in [5.41, 5.74) is 0.357. The van der Waals surface area contributed by atoms with E-state index in [4.69, 9.17) is 21.1 Å². The molecular formula is C22H27ClN2O5. The SMILES string of the molecule is COc1cc(NC(=O)C(CC(C)C)N2C(=O)C3CC=CCC3C2=O)c(OC)cc1Cl. The van der Waals surface area contributed by atoms with Crippen LogP contribution in [0.2, 0.25) is 5.02 Å². The molecule has 2 aliphatic rings. The van der Waals surface area contributed by atoms with E-state index in [1.54, 1.807) is 12.1 Å². The standard InChI is InChI=1S/C22H27ClN2O5/c1-12(2)9-17(25-21(27)13-7-5-6-8-14(13)22(25)28)20(26)24-16-11-18(29-3)15(23)10-19(16)30-4/h5-6,10-14,17H,7-9H2,1-4H3,(H,24,26). The Morgan fingerprint density at radius 1 is 1.10 bits per heavy atom. The van der Waals surface area contributed by atoms with Gasteiger partial charge in [0.1, 0.15) is 17.5 Å². The maximum atomic E-state index is 13.3. The summed E-state index contributed by atoms with van der Waals surface area (Å²) in [6.07, 6.45) is 5.29. The van der Waals surface area contributed by atoms with Gasteiger partial charge in [0.2, 0.25) is 17.7 Å². The highest BCUT2D eigenvalue weighted by atomic mass is 35.5. The van der Waals surface area contributed by atoms with E-state index in [1.807, 2.05) is 26.0 Å². The van der Waals surface area contributed by atoms with E-state index in [9.17, 15) is 14.4 Å². The Morgan fingerprint density at radius 2 is 1.67 bits per heavy atom. The number of halogens is 1. The van der Waals surface area contributed by atoms with Gasteiger partial charge in [0.05, 0.1) is 36.8 Å². The Morgan fingerprint density at radius 3 is 2.17 bits per heavy atom. The molecule has 8 heteroatoms. The molecule has 1 saturated heterocycles. The van der Waals surface area contributed by atoms with Gasteiger partial charge in [0, 0.05) is 12.1 Å². The number of rotatable bonds is 7. The minimum atomic E-state index is -0.901. The molecule has 3 amide bonds. The van der Waals surface area contributed by atoms with Gasteiger partial charge < -0.3 is 14.8 Å². The average molecular weight is 435 g/mol. The fourth-order valence-corrected chi connectivity index (χ4v) is 4.31. The predicted octanol–water partition coefficient (Wildman–Crippen LogP) is 3.66. The highest BCUT2D eigenvalue weighted by molar-refractivity contribution is 6.32. The number of nitrogens with zero attached hydrogens (tertiary/aromatic N) is 1. The van der Waals surface area contributed by atoms with Gasteiger partial charge in [0.15, 0.2) is 0 Å². The van der Waals surface area contributed by atoms with Crippen molar-refractivity contribution in [1.82, 2.24) is 4.90 Å². The summed E-state index contributed by atoms with van der Waals surface area (Å²) >= 11 is 6.14. The van der Waals surface area contributed by atoms with Crippen LogP contribution < -0.4 is 14.8 Å². The number of amides is 3. The molecule has 0 saturated carbocycles. The first-order valence-corrected chi connectivity index (χ1v) is 10.4. The molecule has 7 nitrogen and oxygen atoms in total. The smallest absolute Gasteiger partial charge is 0.247 e. The third-order valence-corrected chi connectivity index (χ3v) is 5.88. The van der Waals surface area contributed by atoms with Crippen LogP contribution >= 0.6 is 11.6 Å². The lowest BCUT2D eigenvalue weighted by Crippen LogP contribution is -2.48. The zero-order chi connectivity index (χ0) is 22.0. The summed E-state index contributed by atoms with van der Waals surface area (Å²) in [4.78, 5) is 40.5. The molecule has 1 aliphatic carbocycles. The number of likely N-dealkylation sites (tertiary alicyclic amines) is 1. The first-order chi connectivity index (χ1) is 14.3. The van der Waals surface area contributed by atoms with E-state index in [0.29, 0.717) is 41.5 Å². The summed E-state index contributed by atoms with van der Waals surface area (Å²) in [5, 5.41) is 3.14. The minimum absolute atomic E-state index is 0.101. The Labute approximate surface area is 181 Å². The van der Waals surface area contributed by atoms with Crippen LogP contribution in [0, 0.1) is 17.8 Å². The second kappa shape index (κ2) is 9.08. The molecule has 1 aliphatic heterocycles. The summed E-state index contributed by atoms with van der Waals surface area (Å²) in [6.45, 7) is 3.90. The molecule has 1 heterocycles.